The molecule has 2 heterocycles. The van der Waals surface area contributed by atoms with Crippen molar-refractivity contribution in [3.05, 3.63) is 60.6 Å². The van der Waals surface area contributed by atoms with Gasteiger partial charge in [0.1, 0.15) is 0 Å². The van der Waals surface area contributed by atoms with E-state index in [4.69, 9.17) is 10.5 Å². The number of benzene rings is 1. The fourth-order valence-corrected chi connectivity index (χ4v) is 2.07. The Kier molecular flexibility index (Phi) is 4.33. The van der Waals surface area contributed by atoms with Crippen LogP contribution in [0.25, 0.3) is 11.3 Å². The minimum absolute atomic E-state index is 0.0622. The first kappa shape index (κ1) is 15.4. The second kappa shape index (κ2) is 6.74. The van der Waals surface area contributed by atoms with Crippen molar-refractivity contribution in [2.45, 2.75) is 0 Å². The smallest absolute Gasteiger partial charge is 0.278 e. The first-order chi connectivity index (χ1) is 11.7. The summed E-state index contributed by atoms with van der Waals surface area (Å²) < 4.78 is 5.02. The maximum Gasteiger partial charge on any atom is 0.278 e. The van der Waals surface area contributed by atoms with Gasteiger partial charge in [-0.2, -0.15) is 0 Å². The Morgan fingerprint density at radius 1 is 1.08 bits per heavy atom. The van der Waals surface area contributed by atoms with Crippen molar-refractivity contribution in [1.82, 2.24) is 15.0 Å². The number of aromatic nitrogens is 3. The minimum atomic E-state index is -0.422. The summed E-state index contributed by atoms with van der Waals surface area (Å²) in [6.45, 7) is 0. The van der Waals surface area contributed by atoms with E-state index in [2.05, 4.69) is 20.3 Å². The van der Waals surface area contributed by atoms with E-state index in [1.54, 1.807) is 30.5 Å². The largest absolute Gasteiger partial charge is 0.481 e. The summed E-state index contributed by atoms with van der Waals surface area (Å²) in [4.78, 5) is 24.9. The van der Waals surface area contributed by atoms with E-state index in [0.717, 1.165) is 0 Å². The summed E-state index contributed by atoms with van der Waals surface area (Å²) in [6, 6.07) is 12.6. The summed E-state index contributed by atoms with van der Waals surface area (Å²) >= 11 is 0. The van der Waals surface area contributed by atoms with Crippen LogP contribution in [-0.2, 0) is 0 Å². The molecule has 3 aromatic rings. The molecule has 3 rings (SSSR count). The van der Waals surface area contributed by atoms with E-state index < -0.39 is 5.91 Å². The summed E-state index contributed by atoms with van der Waals surface area (Å²) in [6.07, 6.45) is 3.09. The molecular formula is C17H15N5O2. The van der Waals surface area contributed by atoms with E-state index >= 15 is 0 Å². The molecule has 0 atom stereocenters. The van der Waals surface area contributed by atoms with Gasteiger partial charge in [-0.1, -0.05) is 18.2 Å². The molecule has 3 N–H and O–H groups in total. The molecule has 1 amide bonds. The Balaban J connectivity index is 1.89. The Hall–Kier alpha value is -3.48. The van der Waals surface area contributed by atoms with Crippen molar-refractivity contribution in [2.24, 2.45) is 0 Å². The van der Waals surface area contributed by atoms with E-state index in [0.29, 0.717) is 22.8 Å². The lowest BCUT2D eigenvalue weighted by atomic mass is 10.2. The number of nitrogen functional groups attached to an aromatic ring is 1. The average molecular weight is 321 g/mol. The van der Waals surface area contributed by atoms with E-state index in [1.165, 1.54) is 13.3 Å². The van der Waals surface area contributed by atoms with Gasteiger partial charge in [0.2, 0.25) is 5.88 Å². The Bertz CT molecular complexity index is 851. The Labute approximate surface area is 138 Å². The number of methoxy groups -OCH3 is 1. The fraction of sp³-hybridized carbons (Fsp3) is 0.0588. The number of hydrogen-bond donors (Lipinski definition) is 2. The van der Waals surface area contributed by atoms with Gasteiger partial charge in [-0.05, 0) is 18.2 Å². The minimum Gasteiger partial charge on any atom is -0.481 e. The second-order valence-corrected chi connectivity index (χ2v) is 4.90. The van der Waals surface area contributed by atoms with Crippen molar-refractivity contribution in [3.63, 3.8) is 0 Å². The predicted molar refractivity (Wildman–Crippen MR) is 90.6 cm³/mol. The van der Waals surface area contributed by atoms with Crippen LogP contribution in [0.5, 0.6) is 5.88 Å². The zero-order valence-electron chi connectivity index (χ0n) is 12.9. The van der Waals surface area contributed by atoms with E-state index in [-0.39, 0.29) is 11.5 Å². The number of amides is 1. The first-order valence-corrected chi connectivity index (χ1v) is 7.16. The van der Waals surface area contributed by atoms with Gasteiger partial charge >= 0.3 is 0 Å². The van der Waals surface area contributed by atoms with Crippen LogP contribution in [0, 0.1) is 0 Å². The molecule has 7 nitrogen and oxygen atoms in total. The highest BCUT2D eigenvalue weighted by atomic mass is 16.5. The molecule has 0 unspecified atom stereocenters. The molecule has 120 valence electrons. The van der Waals surface area contributed by atoms with Crippen molar-refractivity contribution in [2.75, 3.05) is 18.2 Å². The zero-order valence-corrected chi connectivity index (χ0v) is 12.9. The SMILES string of the molecule is COc1ccc(-c2cnc(N)c(C(=O)Nc3ccccc3)n2)cn1. The lowest BCUT2D eigenvalue weighted by Gasteiger charge is -2.08. The van der Waals surface area contributed by atoms with Gasteiger partial charge < -0.3 is 15.8 Å². The lowest BCUT2D eigenvalue weighted by molar-refractivity contribution is 0.102. The topological polar surface area (TPSA) is 103 Å². The maximum atomic E-state index is 12.4. The van der Waals surface area contributed by atoms with Crippen molar-refractivity contribution in [3.8, 4) is 17.1 Å². The van der Waals surface area contributed by atoms with Gasteiger partial charge in [-0.3, -0.25) is 4.79 Å². The highest BCUT2D eigenvalue weighted by Crippen LogP contribution is 2.20. The number of pyridine rings is 1. The average Bonchev–Trinajstić information content (AvgIpc) is 2.63. The molecule has 7 heteroatoms. The van der Waals surface area contributed by atoms with Crippen LogP contribution < -0.4 is 15.8 Å². The number of nitrogens with two attached hydrogens (primary N) is 1. The normalized spacial score (nSPS) is 10.2. The zero-order chi connectivity index (χ0) is 16.9. The van der Waals surface area contributed by atoms with Crippen LogP contribution in [0.4, 0.5) is 11.5 Å². The lowest BCUT2D eigenvalue weighted by Crippen LogP contribution is -2.17. The Morgan fingerprint density at radius 2 is 1.88 bits per heavy atom. The number of ether oxygens (including phenoxy) is 1. The number of para-hydroxylation sites is 1. The molecule has 1 aromatic carbocycles. The summed E-state index contributed by atoms with van der Waals surface area (Å²) in [5, 5.41) is 2.74. The first-order valence-electron chi connectivity index (χ1n) is 7.16. The van der Waals surface area contributed by atoms with Crippen LogP contribution in [0.3, 0.4) is 0 Å². The molecule has 24 heavy (non-hydrogen) atoms. The number of nitrogens with zero attached hydrogens (tertiary/aromatic N) is 3. The van der Waals surface area contributed by atoms with Crippen molar-refractivity contribution in [1.29, 1.82) is 0 Å². The molecule has 0 saturated heterocycles. The molecule has 0 bridgehead atoms. The molecule has 0 aliphatic heterocycles. The molecule has 0 aliphatic rings. The molecule has 0 spiro atoms. The molecule has 0 saturated carbocycles. The summed E-state index contributed by atoms with van der Waals surface area (Å²) in [5.41, 5.74) is 7.72. The van der Waals surface area contributed by atoms with E-state index in [9.17, 15) is 4.79 Å². The number of anilines is 2. The third kappa shape index (κ3) is 3.30. The second-order valence-electron chi connectivity index (χ2n) is 4.90. The monoisotopic (exact) mass is 321 g/mol. The maximum absolute atomic E-state index is 12.4. The van der Waals surface area contributed by atoms with Crippen LogP contribution in [0.1, 0.15) is 10.5 Å². The van der Waals surface area contributed by atoms with Crippen LogP contribution in [0.2, 0.25) is 0 Å². The predicted octanol–water partition coefficient (Wildman–Crippen LogP) is 2.38. The van der Waals surface area contributed by atoms with Crippen molar-refractivity contribution < 1.29 is 9.53 Å². The van der Waals surface area contributed by atoms with Crippen LogP contribution >= 0.6 is 0 Å². The van der Waals surface area contributed by atoms with E-state index in [1.807, 2.05) is 18.2 Å². The Morgan fingerprint density at radius 3 is 2.54 bits per heavy atom. The molecular weight excluding hydrogens is 306 g/mol. The highest BCUT2D eigenvalue weighted by molar-refractivity contribution is 6.05. The number of carbonyl (C=O) groups is 1. The quantitative estimate of drug-likeness (QED) is 0.764. The van der Waals surface area contributed by atoms with Crippen molar-refractivity contribution >= 4 is 17.4 Å². The molecule has 0 radical (unpaired) electrons. The van der Waals surface area contributed by atoms with Gasteiger partial charge in [-0.15, -0.1) is 0 Å². The van der Waals surface area contributed by atoms with Gasteiger partial charge in [-0.25, -0.2) is 15.0 Å². The molecule has 0 aliphatic carbocycles. The van der Waals surface area contributed by atoms with Gasteiger partial charge in [0, 0.05) is 23.5 Å². The molecule has 0 fully saturated rings. The van der Waals surface area contributed by atoms with Gasteiger partial charge in [0.25, 0.3) is 5.91 Å². The summed E-state index contributed by atoms with van der Waals surface area (Å²) in [7, 11) is 1.54. The van der Waals surface area contributed by atoms with Gasteiger partial charge in [0.15, 0.2) is 11.5 Å². The standard InChI is InChI=1S/C17H15N5O2/c1-24-14-8-7-11(9-19-14)13-10-20-16(18)15(22-13)17(23)21-12-5-3-2-4-6-12/h2-10H,1H3,(H2,18,20)(H,21,23). The number of rotatable bonds is 4. The summed E-state index contributed by atoms with van der Waals surface area (Å²) in [5.74, 6) is 0.132. The fourth-order valence-electron chi connectivity index (χ4n) is 2.07. The third-order valence-corrected chi connectivity index (χ3v) is 3.29. The number of nitrogens with one attached hydrogen (secondary N) is 1. The van der Waals surface area contributed by atoms with Crippen LogP contribution in [0.15, 0.2) is 54.9 Å². The molecule has 2 aromatic heterocycles. The third-order valence-electron chi connectivity index (χ3n) is 3.29. The van der Waals surface area contributed by atoms with Gasteiger partial charge in [0.05, 0.1) is 19.0 Å². The van der Waals surface area contributed by atoms with Crippen LogP contribution in [-0.4, -0.2) is 28.0 Å². The highest BCUT2D eigenvalue weighted by Gasteiger charge is 2.15. The number of carbonyl (C=O) groups excluding carboxylic acids is 1. The number of hydrogen-bond acceptors (Lipinski definition) is 6.